The van der Waals surface area contributed by atoms with Crippen LogP contribution in [0.25, 0.3) is 0 Å². The zero-order valence-electron chi connectivity index (χ0n) is 12.0. The molecule has 2 aliphatic heterocycles. The van der Waals surface area contributed by atoms with Gasteiger partial charge in [-0.05, 0) is 12.1 Å². The van der Waals surface area contributed by atoms with Crippen LogP contribution in [0.4, 0.5) is 0 Å². The van der Waals surface area contributed by atoms with Crippen molar-refractivity contribution in [3.8, 4) is 5.88 Å². The highest BCUT2D eigenvalue weighted by Gasteiger charge is 2.51. The number of ether oxygens (including phenoxy) is 1. The Hall–Kier alpha value is -1.95. The van der Waals surface area contributed by atoms with Crippen molar-refractivity contribution in [3.05, 3.63) is 48.6 Å². The summed E-state index contributed by atoms with van der Waals surface area (Å²) >= 11 is 1.91. The van der Waals surface area contributed by atoms with Crippen LogP contribution in [-0.2, 0) is 0 Å². The Labute approximate surface area is 132 Å². The number of carbonyl (C=O) groups is 1. The van der Waals surface area contributed by atoms with Gasteiger partial charge in [-0.3, -0.25) is 4.79 Å². The van der Waals surface area contributed by atoms with Crippen LogP contribution in [0.15, 0.2) is 47.4 Å². The number of hydrogen-bond donors (Lipinski definition) is 0. The SMILES string of the molecule is O=C(c1ccoc1)N1CC2(C[C@H](Oc3ccccn3)CS2)C1. The van der Waals surface area contributed by atoms with E-state index in [1.54, 1.807) is 12.3 Å². The Kier molecular flexibility index (Phi) is 3.33. The van der Waals surface area contributed by atoms with Gasteiger partial charge in [-0.2, -0.15) is 0 Å². The van der Waals surface area contributed by atoms with E-state index in [1.165, 1.54) is 12.5 Å². The molecular formula is C16H16N2O3S. The number of aromatic nitrogens is 1. The molecule has 1 spiro atoms. The third kappa shape index (κ3) is 2.47. The predicted octanol–water partition coefficient (Wildman–Crippen LogP) is 2.45. The van der Waals surface area contributed by atoms with Crippen molar-refractivity contribution in [2.75, 3.05) is 18.8 Å². The fourth-order valence-corrected chi connectivity index (χ4v) is 4.57. The zero-order valence-corrected chi connectivity index (χ0v) is 12.8. The molecule has 2 aromatic rings. The summed E-state index contributed by atoms with van der Waals surface area (Å²) in [6, 6.07) is 7.39. The van der Waals surface area contributed by atoms with Gasteiger partial charge in [0.05, 0.1) is 16.6 Å². The number of pyridine rings is 1. The van der Waals surface area contributed by atoms with Crippen molar-refractivity contribution in [1.82, 2.24) is 9.88 Å². The van der Waals surface area contributed by atoms with Crippen molar-refractivity contribution in [2.24, 2.45) is 0 Å². The molecule has 114 valence electrons. The molecule has 6 heteroatoms. The molecule has 2 aromatic heterocycles. The summed E-state index contributed by atoms with van der Waals surface area (Å²) in [5.74, 6) is 1.68. The summed E-state index contributed by atoms with van der Waals surface area (Å²) in [5, 5.41) is 0. The van der Waals surface area contributed by atoms with Gasteiger partial charge in [-0.15, -0.1) is 11.8 Å². The fraction of sp³-hybridized carbons (Fsp3) is 0.375. The second-order valence-electron chi connectivity index (χ2n) is 5.78. The Morgan fingerprint density at radius 1 is 1.41 bits per heavy atom. The summed E-state index contributed by atoms with van der Waals surface area (Å²) in [5.41, 5.74) is 0.624. The van der Waals surface area contributed by atoms with Crippen LogP contribution in [0, 0.1) is 0 Å². The molecule has 2 aliphatic rings. The van der Waals surface area contributed by atoms with Crippen LogP contribution in [0.2, 0.25) is 0 Å². The van der Waals surface area contributed by atoms with Crippen molar-refractivity contribution < 1.29 is 13.9 Å². The number of carbonyl (C=O) groups excluding carboxylic acids is 1. The summed E-state index contributed by atoms with van der Waals surface area (Å²) in [6.45, 7) is 1.56. The van der Waals surface area contributed by atoms with Crippen LogP contribution >= 0.6 is 11.8 Å². The van der Waals surface area contributed by atoms with Crippen molar-refractivity contribution in [3.63, 3.8) is 0 Å². The average molecular weight is 316 g/mol. The van der Waals surface area contributed by atoms with Gasteiger partial charge >= 0.3 is 0 Å². The molecule has 4 heterocycles. The van der Waals surface area contributed by atoms with E-state index in [1.807, 2.05) is 34.9 Å². The Balaban J connectivity index is 1.33. The van der Waals surface area contributed by atoms with E-state index >= 15 is 0 Å². The third-order valence-electron chi connectivity index (χ3n) is 4.11. The molecule has 5 nitrogen and oxygen atoms in total. The lowest BCUT2D eigenvalue weighted by Crippen LogP contribution is -2.60. The van der Waals surface area contributed by atoms with Gasteiger partial charge in [0.2, 0.25) is 5.88 Å². The van der Waals surface area contributed by atoms with Gasteiger partial charge in [0.15, 0.2) is 0 Å². The lowest BCUT2D eigenvalue weighted by molar-refractivity contribution is 0.0515. The quantitative estimate of drug-likeness (QED) is 0.870. The first-order chi connectivity index (χ1) is 10.7. The zero-order chi connectivity index (χ0) is 15.0. The minimum Gasteiger partial charge on any atom is -0.473 e. The number of likely N-dealkylation sites (tertiary alicyclic amines) is 1. The summed E-state index contributed by atoms with van der Waals surface area (Å²) in [4.78, 5) is 18.3. The van der Waals surface area contributed by atoms with E-state index in [9.17, 15) is 4.79 Å². The highest BCUT2D eigenvalue weighted by Crippen LogP contribution is 2.46. The second kappa shape index (κ2) is 5.35. The van der Waals surface area contributed by atoms with E-state index in [0.29, 0.717) is 11.4 Å². The summed E-state index contributed by atoms with van der Waals surface area (Å²) in [7, 11) is 0. The molecule has 0 aliphatic carbocycles. The Bertz CT molecular complexity index is 653. The standard InChI is InChI=1S/C16H16N2O3S/c19-15(12-4-6-20-8-12)18-10-16(11-18)7-13(9-22-16)21-14-3-1-2-5-17-14/h1-6,8,13H,7,9-11H2/t13-/m0/s1. The molecule has 0 aromatic carbocycles. The Morgan fingerprint density at radius 2 is 2.32 bits per heavy atom. The smallest absolute Gasteiger partial charge is 0.257 e. The molecule has 2 saturated heterocycles. The number of amides is 1. The summed E-state index contributed by atoms with van der Waals surface area (Å²) < 4.78 is 11.1. The monoisotopic (exact) mass is 316 g/mol. The van der Waals surface area contributed by atoms with Crippen molar-refractivity contribution in [2.45, 2.75) is 17.3 Å². The lowest BCUT2D eigenvalue weighted by Gasteiger charge is -2.47. The minimum absolute atomic E-state index is 0.0501. The predicted molar refractivity (Wildman–Crippen MR) is 83.1 cm³/mol. The van der Waals surface area contributed by atoms with E-state index in [0.717, 1.165) is 25.3 Å². The highest BCUT2D eigenvalue weighted by molar-refractivity contribution is 8.01. The van der Waals surface area contributed by atoms with Gasteiger partial charge in [-0.1, -0.05) is 6.07 Å². The van der Waals surface area contributed by atoms with E-state index in [4.69, 9.17) is 9.15 Å². The first-order valence-corrected chi connectivity index (χ1v) is 8.26. The molecule has 4 rings (SSSR count). The molecular weight excluding hydrogens is 300 g/mol. The van der Waals surface area contributed by atoms with Crippen LogP contribution < -0.4 is 4.74 Å². The molecule has 0 saturated carbocycles. The Morgan fingerprint density at radius 3 is 3.05 bits per heavy atom. The molecule has 1 atom stereocenters. The van der Waals surface area contributed by atoms with E-state index in [-0.39, 0.29) is 16.8 Å². The number of furan rings is 1. The van der Waals surface area contributed by atoms with Gasteiger partial charge in [0, 0.05) is 37.5 Å². The van der Waals surface area contributed by atoms with Crippen LogP contribution in [0.3, 0.4) is 0 Å². The molecule has 0 unspecified atom stereocenters. The molecule has 1 amide bonds. The van der Waals surface area contributed by atoms with Crippen LogP contribution in [-0.4, -0.2) is 45.5 Å². The molecule has 0 bridgehead atoms. The van der Waals surface area contributed by atoms with Gasteiger partial charge < -0.3 is 14.1 Å². The second-order valence-corrected chi connectivity index (χ2v) is 7.27. The average Bonchev–Trinajstić information content (AvgIpc) is 3.16. The molecule has 22 heavy (non-hydrogen) atoms. The highest BCUT2D eigenvalue weighted by atomic mass is 32.2. The van der Waals surface area contributed by atoms with E-state index in [2.05, 4.69) is 4.98 Å². The van der Waals surface area contributed by atoms with Crippen molar-refractivity contribution in [1.29, 1.82) is 0 Å². The first-order valence-electron chi connectivity index (χ1n) is 7.27. The first kappa shape index (κ1) is 13.7. The fourth-order valence-electron chi connectivity index (χ4n) is 3.05. The topological polar surface area (TPSA) is 55.6 Å². The van der Waals surface area contributed by atoms with Gasteiger partial charge in [0.1, 0.15) is 12.4 Å². The number of nitrogens with zero attached hydrogens (tertiary/aromatic N) is 2. The maximum absolute atomic E-state index is 12.2. The maximum atomic E-state index is 12.2. The third-order valence-corrected chi connectivity index (χ3v) is 5.69. The molecule has 0 radical (unpaired) electrons. The van der Waals surface area contributed by atoms with Crippen LogP contribution in [0.1, 0.15) is 16.8 Å². The number of thioether (sulfide) groups is 1. The van der Waals surface area contributed by atoms with Crippen molar-refractivity contribution >= 4 is 17.7 Å². The minimum atomic E-state index is 0.0501. The van der Waals surface area contributed by atoms with Gasteiger partial charge in [-0.25, -0.2) is 4.98 Å². The largest absolute Gasteiger partial charge is 0.473 e. The number of hydrogen-bond acceptors (Lipinski definition) is 5. The molecule has 2 fully saturated rings. The van der Waals surface area contributed by atoms with Gasteiger partial charge in [0.25, 0.3) is 5.91 Å². The molecule has 0 N–H and O–H groups in total. The van der Waals surface area contributed by atoms with E-state index < -0.39 is 0 Å². The normalized spacial score (nSPS) is 22.5. The summed E-state index contributed by atoms with van der Waals surface area (Å²) in [6.07, 6.45) is 5.91. The lowest BCUT2D eigenvalue weighted by atomic mass is 9.92. The maximum Gasteiger partial charge on any atom is 0.257 e. The number of rotatable bonds is 3. The van der Waals surface area contributed by atoms with Crippen LogP contribution in [0.5, 0.6) is 5.88 Å².